The molecular formula is C20H18ClFN4O3. The van der Waals surface area contributed by atoms with Crippen LogP contribution in [0.3, 0.4) is 0 Å². The van der Waals surface area contributed by atoms with E-state index in [1.165, 1.54) is 10.8 Å². The second-order valence-electron chi connectivity index (χ2n) is 6.84. The van der Waals surface area contributed by atoms with Crippen molar-refractivity contribution >= 4 is 34.2 Å². The molecule has 7 nitrogen and oxygen atoms in total. The molecule has 3 heterocycles. The number of rotatable bonds is 3. The second kappa shape index (κ2) is 7.46. The Labute approximate surface area is 170 Å². The number of nitrogens with one attached hydrogen (secondary N) is 1. The fourth-order valence-corrected chi connectivity index (χ4v) is 3.98. The lowest BCUT2D eigenvalue weighted by atomic mass is 10.1. The summed E-state index contributed by atoms with van der Waals surface area (Å²) >= 11 is 6.64. The predicted octanol–water partition coefficient (Wildman–Crippen LogP) is 2.59. The highest BCUT2D eigenvalue weighted by Gasteiger charge is 2.25. The summed E-state index contributed by atoms with van der Waals surface area (Å²) < 4.78 is 16.5. The predicted molar refractivity (Wildman–Crippen MR) is 109 cm³/mol. The van der Waals surface area contributed by atoms with Gasteiger partial charge in [0.1, 0.15) is 17.2 Å². The van der Waals surface area contributed by atoms with Crippen LogP contribution >= 0.6 is 11.6 Å². The van der Waals surface area contributed by atoms with Gasteiger partial charge in [0, 0.05) is 38.1 Å². The van der Waals surface area contributed by atoms with Crippen LogP contribution in [0.4, 0.5) is 10.1 Å². The number of nitrogens with zero attached hydrogens (tertiary/aromatic N) is 3. The fourth-order valence-electron chi connectivity index (χ4n) is 3.58. The van der Waals surface area contributed by atoms with Crippen LogP contribution in [0.15, 0.2) is 35.3 Å². The molecule has 29 heavy (non-hydrogen) atoms. The minimum Gasteiger partial charge on any atom is -0.477 e. The van der Waals surface area contributed by atoms with Gasteiger partial charge in [-0.25, -0.2) is 14.2 Å². The highest BCUT2D eigenvalue weighted by molar-refractivity contribution is 6.38. The summed E-state index contributed by atoms with van der Waals surface area (Å²) in [6.07, 6.45) is 1.19. The van der Waals surface area contributed by atoms with Crippen molar-refractivity contribution in [1.29, 1.82) is 0 Å². The van der Waals surface area contributed by atoms with Crippen LogP contribution in [0.5, 0.6) is 0 Å². The summed E-state index contributed by atoms with van der Waals surface area (Å²) in [4.78, 5) is 30.6. The van der Waals surface area contributed by atoms with Gasteiger partial charge in [-0.15, -0.1) is 0 Å². The van der Waals surface area contributed by atoms with E-state index in [2.05, 4.69) is 10.3 Å². The highest BCUT2D eigenvalue weighted by Crippen LogP contribution is 2.36. The van der Waals surface area contributed by atoms with Gasteiger partial charge < -0.3 is 15.3 Å². The Kier molecular flexibility index (Phi) is 4.97. The molecule has 0 spiro atoms. The monoisotopic (exact) mass is 416 g/mol. The van der Waals surface area contributed by atoms with E-state index in [-0.39, 0.29) is 21.6 Å². The van der Waals surface area contributed by atoms with E-state index in [1.807, 2.05) is 4.90 Å². The van der Waals surface area contributed by atoms with E-state index in [0.29, 0.717) is 37.7 Å². The maximum atomic E-state index is 15.0. The zero-order valence-electron chi connectivity index (χ0n) is 15.6. The number of piperazine rings is 1. The van der Waals surface area contributed by atoms with Crippen LogP contribution in [-0.2, 0) is 0 Å². The smallest absolute Gasteiger partial charge is 0.341 e. The van der Waals surface area contributed by atoms with Gasteiger partial charge in [0.05, 0.1) is 21.6 Å². The molecule has 0 atom stereocenters. The number of aromatic carboxylic acids is 1. The minimum absolute atomic E-state index is 0.0549. The van der Waals surface area contributed by atoms with Gasteiger partial charge in [-0.05, 0) is 25.1 Å². The van der Waals surface area contributed by atoms with Crippen molar-refractivity contribution in [2.75, 3.05) is 31.1 Å². The van der Waals surface area contributed by atoms with Gasteiger partial charge in [-0.1, -0.05) is 17.7 Å². The summed E-state index contributed by atoms with van der Waals surface area (Å²) in [5.74, 6) is -1.67. The normalized spacial score (nSPS) is 14.4. The summed E-state index contributed by atoms with van der Waals surface area (Å²) in [7, 11) is 0. The molecule has 0 radical (unpaired) electrons. The average Bonchev–Trinajstić information content (AvgIpc) is 2.69. The zero-order chi connectivity index (χ0) is 20.7. The van der Waals surface area contributed by atoms with Crippen LogP contribution in [0.1, 0.15) is 16.1 Å². The zero-order valence-corrected chi connectivity index (χ0v) is 16.3. The van der Waals surface area contributed by atoms with Crippen LogP contribution in [0.2, 0.25) is 5.02 Å². The second-order valence-corrected chi connectivity index (χ2v) is 7.22. The van der Waals surface area contributed by atoms with Crippen molar-refractivity contribution < 1.29 is 14.3 Å². The van der Waals surface area contributed by atoms with Gasteiger partial charge in [0.15, 0.2) is 0 Å². The number of aryl methyl sites for hydroxylation is 1. The van der Waals surface area contributed by atoms with Crippen LogP contribution in [-0.4, -0.2) is 46.8 Å². The average molecular weight is 417 g/mol. The van der Waals surface area contributed by atoms with Gasteiger partial charge in [0.25, 0.3) is 0 Å². The molecule has 0 bridgehead atoms. The molecule has 0 amide bonds. The third-order valence-electron chi connectivity index (χ3n) is 4.94. The van der Waals surface area contributed by atoms with Gasteiger partial charge in [-0.2, -0.15) is 0 Å². The van der Waals surface area contributed by atoms with E-state index >= 15 is 4.39 Å². The molecule has 1 aliphatic rings. The molecule has 1 fully saturated rings. The van der Waals surface area contributed by atoms with Crippen LogP contribution < -0.4 is 15.6 Å². The number of benzene rings is 1. The van der Waals surface area contributed by atoms with Crippen molar-refractivity contribution in [3.63, 3.8) is 0 Å². The third kappa shape index (κ3) is 3.34. The third-order valence-corrected chi connectivity index (χ3v) is 5.30. The SMILES string of the molecule is Cc1cccc(-n2cc(C(=O)O)c(=O)c3cc(F)c(N4CCNCC4)c(Cl)c32)n1. The minimum atomic E-state index is -1.40. The molecule has 3 aromatic rings. The molecule has 2 aromatic heterocycles. The maximum Gasteiger partial charge on any atom is 0.341 e. The van der Waals surface area contributed by atoms with E-state index in [0.717, 1.165) is 6.07 Å². The Balaban J connectivity index is 2.10. The summed E-state index contributed by atoms with van der Waals surface area (Å²) in [6.45, 7) is 4.26. The van der Waals surface area contributed by atoms with Crippen molar-refractivity contribution in [3.8, 4) is 5.82 Å². The van der Waals surface area contributed by atoms with Crippen molar-refractivity contribution in [1.82, 2.24) is 14.9 Å². The van der Waals surface area contributed by atoms with Crippen LogP contribution in [0, 0.1) is 12.7 Å². The Hall–Kier alpha value is -2.97. The van der Waals surface area contributed by atoms with Crippen molar-refractivity contribution in [3.05, 3.63) is 62.8 Å². The van der Waals surface area contributed by atoms with Crippen molar-refractivity contribution in [2.24, 2.45) is 0 Å². The number of fused-ring (bicyclic) bond motifs is 1. The molecule has 1 saturated heterocycles. The van der Waals surface area contributed by atoms with Gasteiger partial charge in [-0.3, -0.25) is 9.36 Å². The first-order valence-corrected chi connectivity index (χ1v) is 9.46. The number of aromatic nitrogens is 2. The number of carboxylic acid groups (broad SMARTS) is 1. The van der Waals surface area contributed by atoms with E-state index < -0.39 is 22.8 Å². The number of carbonyl (C=O) groups is 1. The maximum absolute atomic E-state index is 15.0. The molecule has 4 rings (SSSR count). The number of anilines is 1. The lowest BCUT2D eigenvalue weighted by molar-refractivity contribution is 0.0695. The van der Waals surface area contributed by atoms with E-state index in [9.17, 15) is 14.7 Å². The molecule has 1 aromatic carbocycles. The number of pyridine rings is 2. The Morgan fingerprint density at radius 2 is 2.03 bits per heavy atom. The van der Waals surface area contributed by atoms with E-state index in [1.54, 1.807) is 25.1 Å². The first kappa shape index (κ1) is 19.4. The van der Waals surface area contributed by atoms with Crippen LogP contribution in [0.25, 0.3) is 16.7 Å². The first-order chi connectivity index (χ1) is 13.9. The lowest BCUT2D eigenvalue weighted by Crippen LogP contribution is -2.44. The Bertz CT molecular complexity index is 1190. The largest absolute Gasteiger partial charge is 0.477 e. The lowest BCUT2D eigenvalue weighted by Gasteiger charge is -2.31. The van der Waals surface area contributed by atoms with E-state index in [4.69, 9.17) is 11.6 Å². The van der Waals surface area contributed by atoms with Crippen molar-refractivity contribution in [2.45, 2.75) is 6.92 Å². The first-order valence-electron chi connectivity index (χ1n) is 9.09. The molecule has 0 aliphatic carbocycles. The molecule has 9 heteroatoms. The number of halogens is 2. The Morgan fingerprint density at radius 1 is 1.31 bits per heavy atom. The fraction of sp³-hybridized carbons (Fsp3) is 0.250. The Morgan fingerprint density at radius 3 is 2.69 bits per heavy atom. The summed E-state index contributed by atoms with van der Waals surface area (Å²) in [5.41, 5.74) is -0.138. The molecule has 0 saturated carbocycles. The molecule has 150 valence electrons. The number of hydrogen-bond acceptors (Lipinski definition) is 5. The van der Waals surface area contributed by atoms with Gasteiger partial charge in [0.2, 0.25) is 5.43 Å². The number of hydrogen-bond donors (Lipinski definition) is 2. The summed E-state index contributed by atoms with van der Waals surface area (Å²) in [6, 6.07) is 6.29. The number of carboxylic acids is 1. The molecular weight excluding hydrogens is 399 g/mol. The topological polar surface area (TPSA) is 87.5 Å². The quantitative estimate of drug-likeness (QED) is 0.682. The highest BCUT2D eigenvalue weighted by atomic mass is 35.5. The molecule has 0 unspecified atom stereocenters. The van der Waals surface area contributed by atoms with Gasteiger partial charge >= 0.3 is 5.97 Å². The summed E-state index contributed by atoms with van der Waals surface area (Å²) in [5, 5.41) is 12.6. The standard InChI is InChI=1S/C20H18ClFN4O3/c1-11-3-2-4-15(24-11)26-10-13(20(28)29)19(27)12-9-14(22)18(16(21)17(12)26)25-7-5-23-6-8-25/h2-4,9-10,23H,5-8H2,1H3,(H,28,29). The molecule has 1 aliphatic heterocycles. The molecule has 2 N–H and O–H groups in total.